The van der Waals surface area contributed by atoms with Gasteiger partial charge in [-0.1, -0.05) is 17.3 Å². The van der Waals surface area contributed by atoms with Crippen LogP contribution in [-0.4, -0.2) is 54.2 Å². The van der Waals surface area contributed by atoms with E-state index in [-0.39, 0.29) is 11.8 Å². The monoisotopic (exact) mass is 339 g/mol. The Morgan fingerprint density at radius 1 is 1.32 bits per heavy atom. The number of aryl methyl sites for hydroxylation is 1. The molecule has 2 aromatic heterocycles. The number of tetrazole rings is 1. The van der Waals surface area contributed by atoms with Gasteiger partial charge in [-0.2, -0.15) is 4.98 Å². The Kier molecular flexibility index (Phi) is 3.96. The summed E-state index contributed by atoms with van der Waals surface area (Å²) in [5, 5.41) is 14.9. The van der Waals surface area contributed by atoms with Crippen LogP contribution < -0.4 is 0 Å². The molecule has 0 N–H and O–H groups in total. The van der Waals surface area contributed by atoms with Crippen molar-refractivity contribution in [1.29, 1.82) is 0 Å². The lowest BCUT2D eigenvalue weighted by molar-refractivity contribution is -0.129. The summed E-state index contributed by atoms with van der Waals surface area (Å²) in [7, 11) is 0. The van der Waals surface area contributed by atoms with Crippen molar-refractivity contribution in [3.8, 4) is 5.69 Å². The van der Waals surface area contributed by atoms with Gasteiger partial charge in [0.15, 0.2) is 5.82 Å². The molecular formula is C16H17N7O2. The molecule has 0 saturated carbocycles. The zero-order chi connectivity index (χ0) is 17.2. The highest BCUT2D eigenvalue weighted by Crippen LogP contribution is 2.26. The summed E-state index contributed by atoms with van der Waals surface area (Å²) < 4.78 is 6.80. The van der Waals surface area contributed by atoms with Gasteiger partial charge in [-0.15, -0.1) is 5.10 Å². The van der Waals surface area contributed by atoms with Crippen LogP contribution in [-0.2, 0) is 11.2 Å². The van der Waals surface area contributed by atoms with Gasteiger partial charge in [0.1, 0.15) is 6.33 Å². The maximum atomic E-state index is 12.5. The van der Waals surface area contributed by atoms with Crippen LogP contribution in [0.25, 0.3) is 5.69 Å². The van der Waals surface area contributed by atoms with Gasteiger partial charge in [0, 0.05) is 13.1 Å². The van der Waals surface area contributed by atoms with E-state index in [1.807, 2.05) is 29.2 Å². The smallest absolute Gasteiger partial charge is 0.231 e. The molecule has 9 heteroatoms. The summed E-state index contributed by atoms with van der Waals surface area (Å²) >= 11 is 0. The van der Waals surface area contributed by atoms with Gasteiger partial charge >= 0.3 is 0 Å². The van der Waals surface area contributed by atoms with E-state index in [0.717, 1.165) is 17.7 Å². The first-order valence-corrected chi connectivity index (χ1v) is 8.09. The SMILES string of the molecule is Cc1noc([C@H]2CCN(C(=O)Cc3ccc(-n4cnnn4)cc3)C2)n1. The van der Waals surface area contributed by atoms with Crippen molar-refractivity contribution < 1.29 is 9.32 Å². The fourth-order valence-corrected chi connectivity index (χ4v) is 3.00. The zero-order valence-electron chi connectivity index (χ0n) is 13.7. The Morgan fingerprint density at radius 2 is 2.16 bits per heavy atom. The minimum atomic E-state index is 0.105. The van der Waals surface area contributed by atoms with Crippen LogP contribution in [0.15, 0.2) is 35.1 Å². The van der Waals surface area contributed by atoms with Crippen molar-refractivity contribution in [2.45, 2.75) is 25.7 Å². The number of carbonyl (C=O) groups is 1. The van der Waals surface area contributed by atoms with E-state index in [9.17, 15) is 4.79 Å². The summed E-state index contributed by atoms with van der Waals surface area (Å²) in [6, 6.07) is 7.63. The van der Waals surface area contributed by atoms with Crippen molar-refractivity contribution in [3.63, 3.8) is 0 Å². The lowest BCUT2D eigenvalue weighted by Crippen LogP contribution is -2.29. The van der Waals surface area contributed by atoms with Gasteiger partial charge in [0.25, 0.3) is 0 Å². The zero-order valence-corrected chi connectivity index (χ0v) is 13.7. The minimum absolute atomic E-state index is 0.105. The van der Waals surface area contributed by atoms with Gasteiger partial charge < -0.3 is 9.42 Å². The maximum Gasteiger partial charge on any atom is 0.231 e. The number of hydrogen-bond acceptors (Lipinski definition) is 7. The van der Waals surface area contributed by atoms with E-state index in [2.05, 4.69) is 25.7 Å². The molecule has 3 aromatic rings. The number of rotatable bonds is 4. The lowest BCUT2D eigenvalue weighted by Gasteiger charge is -2.16. The Hall–Kier alpha value is -3.10. The molecular weight excluding hydrogens is 322 g/mol. The topological polar surface area (TPSA) is 103 Å². The molecule has 1 atom stereocenters. The second kappa shape index (κ2) is 6.42. The van der Waals surface area contributed by atoms with Crippen molar-refractivity contribution in [3.05, 3.63) is 47.9 Å². The van der Waals surface area contributed by atoms with Crippen LogP contribution in [0.4, 0.5) is 0 Å². The van der Waals surface area contributed by atoms with Gasteiger partial charge in [-0.3, -0.25) is 4.79 Å². The van der Waals surface area contributed by atoms with Gasteiger partial charge in [-0.25, -0.2) is 4.68 Å². The summed E-state index contributed by atoms with van der Waals surface area (Å²) in [6.07, 6.45) is 2.75. The van der Waals surface area contributed by atoms with Crippen LogP contribution >= 0.6 is 0 Å². The predicted octanol–water partition coefficient (Wildman–Crippen LogP) is 0.912. The molecule has 1 aromatic carbocycles. The van der Waals surface area contributed by atoms with Crippen molar-refractivity contribution >= 4 is 5.91 Å². The molecule has 1 amide bonds. The molecule has 128 valence electrons. The third kappa shape index (κ3) is 3.25. The molecule has 4 rings (SSSR count). The second-order valence-electron chi connectivity index (χ2n) is 6.10. The highest BCUT2D eigenvalue weighted by Gasteiger charge is 2.30. The number of nitrogens with zero attached hydrogens (tertiary/aromatic N) is 7. The highest BCUT2D eigenvalue weighted by molar-refractivity contribution is 5.79. The van der Waals surface area contributed by atoms with Crippen LogP contribution in [0, 0.1) is 6.92 Å². The molecule has 0 bridgehead atoms. The Morgan fingerprint density at radius 3 is 2.84 bits per heavy atom. The fourth-order valence-electron chi connectivity index (χ4n) is 3.00. The number of aromatic nitrogens is 6. The number of carbonyl (C=O) groups excluding carboxylic acids is 1. The molecule has 3 heterocycles. The highest BCUT2D eigenvalue weighted by atomic mass is 16.5. The van der Waals surface area contributed by atoms with Crippen molar-refractivity contribution in [2.24, 2.45) is 0 Å². The number of likely N-dealkylation sites (tertiary alicyclic amines) is 1. The van der Waals surface area contributed by atoms with Gasteiger partial charge in [0.2, 0.25) is 11.8 Å². The molecule has 0 aliphatic carbocycles. The largest absolute Gasteiger partial charge is 0.342 e. The first kappa shape index (κ1) is 15.4. The van der Waals surface area contributed by atoms with E-state index in [1.165, 1.54) is 6.33 Å². The number of amides is 1. The fraction of sp³-hybridized carbons (Fsp3) is 0.375. The van der Waals surface area contributed by atoms with E-state index in [0.29, 0.717) is 31.2 Å². The molecule has 1 aliphatic rings. The normalized spacial score (nSPS) is 17.2. The summed E-state index contributed by atoms with van der Waals surface area (Å²) in [6.45, 7) is 3.14. The third-order valence-electron chi connectivity index (χ3n) is 4.34. The lowest BCUT2D eigenvalue weighted by atomic mass is 10.1. The summed E-state index contributed by atoms with van der Waals surface area (Å²) in [4.78, 5) is 18.7. The third-order valence-corrected chi connectivity index (χ3v) is 4.34. The average Bonchev–Trinajstić information content (AvgIpc) is 3.36. The van der Waals surface area contributed by atoms with Crippen LogP contribution in [0.3, 0.4) is 0 Å². The van der Waals surface area contributed by atoms with Crippen LogP contribution in [0.2, 0.25) is 0 Å². The van der Waals surface area contributed by atoms with E-state index in [1.54, 1.807) is 11.6 Å². The molecule has 1 aliphatic heterocycles. The molecule has 0 radical (unpaired) electrons. The summed E-state index contributed by atoms with van der Waals surface area (Å²) in [5.41, 5.74) is 1.81. The number of benzene rings is 1. The number of hydrogen-bond donors (Lipinski definition) is 0. The predicted molar refractivity (Wildman–Crippen MR) is 85.8 cm³/mol. The molecule has 9 nitrogen and oxygen atoms in total. The van der Waals surface area contributed by atoms with Gasteiger partial charge in [0.05, 0.1) is 18.0 Å². The van der Waals surface area contributed by atoms with E-state index in [4.69, 9.17) is 4.52 Å². The summed E-state index contributed by atoms with van der Waals surface area (Å²) in [5.74, 6) is 1.49. The molecule has 25 heavy (non-hydrogen) atoms. The Balaban J connectivity index is 1.37. The van der Waals surface area contributed by atoms with E-state index < -0.39 is 0 Å². The first-order chi connectivity index (χ1) is 12.2. The molecule has 0 unspecified atom stereocenters. The molecule has 1 saturated heterocycles. The minimum Gasteiger partial charge on any atom is -0.342 e. The van der Waals surface area contributed by atoms with Crippen LogP contribution in [0.1, 0.15) is 29.6 Å². The average molecular weight is 339 g/mol. The van der Waals surface area contributed by atoms with Crippen molar-refractivity contribution in [2.75, 3.05) is 13.1 Å². The van der Waals surface area contributed by atoms with E-state index >= 15 is 0 Å². The molecule has 1 fully saturated rings. The standard InChI is InChI=1S/C16H17N7O2/c1-11-18-16(25-19-11)13-6-7-22(9-13)15(24)8-12-2-4-14(5-3-12)23-10-17-20-21-23/h2-5,10,13H,6-9H2,1H3/t13-/m0/s1. The maximum absolute atomic E-state index is 12.5. The Labute approximate surface area is 143 Å². The molecule has 0 spiro atoms. The quantitative estimate of drug-likeness (QED) is 0.696. The van der Waals surface area contributed by atoms with Crippen LogP contribution in [0.5, 0.6) is 0 Å². The second-order valence-corrected chi connectivity index (χ2v) is 6.10. The van der Waals surface area contributed by atoms with Gasteiger partial charge in [-0.05, 0) is 41.5 Å². The Bertz CT molecular complexity index is 857. The van der Waals surface area contributed by atoms with Crippen molar-refractivity contribution in [1.82, 2.24) is 35.2 Å². The first-order valence-electron chi connectivity index (χ1n) is 8.09.